The maximum atomic E-state index is 12.4. The van der Waals surface area contributed by atoms with E-state index in [-0.39, 0.29) is 11.9 Å². The molecule has 2 N–H and O–H groups in total. The average Bonchev–Trinajstić information content (AvgIpc) is 2.40. The molecule has 106 valence electrons. The first-order valence-electron chi connectivity index (χ1n) is 7.37. The number of hydrogen-bond donors (Lipinski definition) is 2. The smallest absolute Gasteiger partial charge is 0.241 e. The highest BCUT2D eigenvalue weighted by Gasteiger charge is 2.27. The summed E-state index contributed by atoms with van der Waals surface area (Å²) in [6, 6.07) is 0.415. The van der Waals surface area contributed by atoms with E-state index >= 15 is 0 Å². The topological polar surface area (TPSA) is 44.4 Å². The van der Waals surface area contributed by atoms with Gasteiger partial charge in [0.2, 0.25) is 5.91 Å². The zero-order valence-corrected chi connectivity index (χ0v) is 12.3. The van der Waals surface area contributed by atoms with Gasteiger partial charge in [-0.1, -0.05) is 26.7 Å². The normalized spacial score (nSPS) is 24.3. The Hall–Kier alpha value is -0.610. The third-order valence-electron chi connectivity index (χ3n) is 3.97. The molecule has 18 heavy (non-hydrogen) atoms. The van der Waals surface area contributed by atoms with Crippen molar-refractivity contribution in [2.75, 3.05) is 26.2 Å². The molecule has 2 unspecified atom stereocenters. The number of carbonyl (C=O) groups is 1. The fraction of sp³-hybridized carbons (Fsp3) is 0.929. The number of hydrogen-bond acceptors (Lipinski definition) is 3. The van der Waals surface area contributed by atoms with E-state index in [1.165, 1.54) is 0 Å². The molecule has 2 atom stereocenters. The summed E-state index contributed by atoms with van der Waals surface area (Å²) in [6.45, 7) is 11.9. The first kappa shape index (κ1) is 15.4. The Kier molecular flexibility index (Phi) is 6.65. The summed E-state index contributed by atoms with van der Waals surface area (Å²) in [6.07, 6.45) is 2.29. The van der Waals surface area contributed by atoms with Crippen molar-refractivity contribution in [3.8, 4) is 0 Å². The molecule has 1 amide bonds. The molecule has 4 nitrogen and oxygen atoms in total. The van der Waals surface area contributed by atoms with Gasteiger partial charge in [-0.15, -0.1) is 0 Å². The van der Waals surface area contributed by atoms with Crippen LogP contribution in [-0.4, -0.2) is 49.1 Å². The molecule has 1 fully saturated rings. The van der Waals surface area contributed by atoms with Gasteiger partial charge < -0.3 is 15.5 Å². The van der Waals surface area contributed by atoms with Crippen LogP contribution in [0.25, 0.3) is 0 Å². The molecular weight excluding hydrogens is 226 g/mol. The number of likely N-dealkylation sites (N-methyl/N-ethyl adjacent to an activating group) is 1. The van der Waals surface area contributed by atoms with Crippen molar-refractivity contribution < 1.29 is 4.79 Å². The van der Waals surface area contributed by atoms with Crippen LogP contribution in [-0.2, 0) is 4.79 Å². The van der Waals surface area contributed by atoms with Crippen LogP contribution in [0, 0.1) is 5.92 Å². The Morgan fingerprint density at radius 1 is 1.22 bits per heavy atom. The summed E-state index contributed by atoms with van der Waals surface area (Å²) in [7, 11) is 0. The van der Waals surface area contributed by atoms with Gasteiger partial charge in [-0.25, -0.2) is 0 Å². The maximum Gasteiger partial charge on any atom is 0.241 e. The number of nitrogens with one attached hydrogen (secondary N) is 2. The summed E-state index contributed by atoms with van der Waals surface area (Å²) in [5.74, 6) is 0.883. The molecular formula is C14H29N3O. The predicted octanol–water partition coefficient (Wildman–Crippen LogP) is 1.22. The Bertz CT molecular complexity index is 245. The largest absolute Gasteiger partial charge is 0.341 e. The third kappa shape index (κ3) is 4.25. The second-order valence-corrected chi connectivity index (χ2v) is 5.33. The lowest BCUT2D eigenvalue weighted by atomic mass is 10.0. The van der Waals surface area contributed by atoms with E-state index < -0.39 is 0 Å². The Labute approximate surface area is 111 Å². The van der Waals surface area contributed by atoms with Crippen molar-refractivity contribution in [2.24, 2.45) is 5.92 Å². The molecule has 1 rings (SSSR count). The van der Waals surface area contributed by atoms with E-state index in [2.05, 4.69) is 38.3 Å². The van der Waals surface area contributed by atoms with Crippen LogP contribution in [0.15, 0.2) is 0 Å². The van der Waals surface area contributed by atoms with Crippen LogP contribution < -0.4 is 10.6 Å². The first-order valence-corrected chi connectivity index (χ1v) is 7.37. The second kappa shape index (κ2) is 7.74. The van der Waals surface area contributed by atoms with E-state index in [1.807, 2.05) is 4.90 Å². The molecule has 1 aliphatic heterocycles. The van der Waals surface area contributed by atoms with Gasteiger partial charge >= 0.3 is 0 Å². The zero-order chi connectivity index (χ0) is 13.5. The van der Waals surface area contributed by atoms with Gasteiger partial charge in [0, 0.05) is 32.2 Å². The molecule has 0 saturated carbocycles. The minimum absolute atomic E-state index is 0.0458. The first-order chi connectivity index (χ1) is 8.62. The van der Waals surface area contributed by atoms with Crippen LogP contribution in [0.1, 0.15) is 40.5 Å². The molecule has 1 heterocycles. The molecule has 0 radical (unpaired) electrons. The fourth-order valence-electron chi connectivity index (χ4n) is 2.41. The zero-order valence-electron chi connectivity index (χ0n) is 12.3. The summed E-state index contributed by atoms with van der Waals surface area (Å²) in [4.78, 5) is 14.4. The minimum Gasteiger partial charge on any atom is -0.341 e. The summed E-state index contributed by atoms with van der Waals surface area (Å²) in [5.41, 5.74) is 0. The van der Waals surface area contributed by atoms with Crippen molar-refractivity contribution in [1.29, 1.82) is 0 Å². The molecule has 0 bridgehead atoms. The predicted molar refractivity (Wildman–Crippen MR) is 75.6 cm³/mol. The van der Waals surface area contributed by atoms with E-state index in [0.29, 0.717) is 12.0 Å². The maximum absolute atomic E-state index is 12.4. The lowest BCUT2D eigenvalue weighted by molar-refractivity contribution is -0.134. The van der Waals surface area contributed by atoms with E-state index in [0.717, 1.165) is 39.0 Å². The Morgan fingerprint density at radius 3 is 2.33 bits per heavy atom. The molecule has 0 spiro atoms. The number of rotatable bonds is 6. The van der Waals surface area contributed by atoms with Gasteiger partial charge in [0.15, 0.2) is 0 Å². The molecule has 4 heteroatoms. The van der Waals surface area contributed by atoms with Crippen molar-refractivity contribution >= 4 is 5.91 Å². The fourth-order valence-corrected chi connectivity index (χ4v) is 2.41. The number of nitrogens with zero attached hydrogens (tertiary/aromatic N) is 1. The quantitative estimate of drug-likeness (QED) is 0.750. The van der Waals surface area contributed by atoms with Gasteiger partial charge in [-0.3, -0.25) is 4.79 Å². The van der Waals surface area contributed by atoms with Crippen LogP contribution in [0.4, 0.5) is 0 Å². The number of piperazine rings is 1. The van der Waals surface area contributed by atoms with Crippen molar-refractivity contribution in [3.05, 3.63) is 0 Å². The van der Waals surface area contributed by atoms with Gasteiger partial charge in [-0.05, 0) is 19.8 Å². The minimum atomic E-state index is -0.0458. The summed E-state index contributed by atoms with van der Waals surface area (Å²) >= 11 is 0. The Balaban J connectivity index is 2.50. The van der Waals surface area contributed by atoms with Gasteiger partial charge in [0.05, 0.1) is 6.04 Å². The van der Waals surface area contributed by atoms with E-state index in [4.69, 9.17) is 0 Å². The van der Waals surface area contributed by atoms with Gasteiger partial charge in [0.25, 0.3) is 0 Å². The third-order valence-corrected chi connectivity index (χ3v) is 3.97. The highest BCUT2D eigenvalue weighted by molar-refractivity contribution is 5.82. The standard InChI is InChI=1S/C14H29N3O/c1-5-12(6-2)10-17(7-3)14(18)13-9-15-11(4)8-16-13/h11-13,15-16H,5-10H2,1-4H3. The highest BCUT2D eigenvalue weighted by Crippen LogP contribution is 2.11. The van der Waals surface area contributed by atoms with Crippen LogP contribution in [0.2, 0.25) is 0 Å². The van der Waals surface area contributed by atoms with Crippen molar-refractivity contribution in [1.82, 2.24) is 15.5 Å². The average molecular weight is 255 g/mol. The van der Waals surface area contributed by atoms with E-state index in [9.17, 15) is 4.79 Å². The van der Waals surface area contributed by atoms with Gasteiger partial charge in [0.1, 0.15) is 0 Å². The summed E-state index contributed by atoms with van der Waals surface area (Å²) < 4.78 is 0. The number of amides is 1. The highest BCUT2D eigenvalue weighted by atomic mass is 16.2. The van der Waals surface area contributed by atoms with Crippen molar-refractivity contribution in [2.45, 2.75) is 52.6 Å². The lowest BCUT2D eigenvalue weighted by Gasteiger charge is -2.33. The molecule has 0 aromatic carbocycles. The molecule has 0 aliphatic carbocycles. The Morgan fingerprint density at radius 2 is 1.89 bits per heavy atom. The molecule has 1 aliphatic rings. The lowest BCUT2D eigenvalue weighted by Crippen LogP contribution is -2.59. The summed E-state index contributed by atoms with van der Waals surface area (Å²) in [5, 5.41) is 6.70. The monoisotopic (exact) mass is 255 g/mol. The van der Waals surface area contributed by atoms with Crippen LogP contribution >= 0.6 is 0 Å². The second-order valence-electron chi connectivity index (χ2n) is 5.33. The molecule has 0 aromatic rings. The molecule has 1 saturated heterocycles. The van der Waals surface area contributed by atoms with E-state index in [1.54, 1.807) is 0 Å². The number of carbonyl (C=O) groups excluding carboxylic acids is 1. The van der Waals surface area contributed by atoms with Crippen molar-refractivity contribution in [3.63, 3.8) is 0 Å². The van der Waals surface area contributed by atoms with Crippen LogP contribution in [0.5, 0.6) is 0 Å². The SMILES string of the molecule is CCC(CC)CN(CC)C(=O)C1CNC(C)CN1. The van der Waals surface area contributed by atoms with Gasteiger partial charge in [-0.2, -0.15) is 0 Å². The van der Waals surface area contributed by atoms with Crippen LogP contribution in [0.3, 0.4) is 0 Å². The molecule has 0 aromatic heterocycles.